The van der Waals surface area contributed by atoms with Crippen LogP contribution in [-0.4, -0.2) is 24.6 Å². The molecular formula is C19H18N2O2S. The maximum absolute atomic E-state index is 12.8. The van der Waals surface area contributed by atoms with Crippen LogP contribution in [0.25, 0.3) is 0 Å². The molecule has 0 aromatic heterocycles. The van der Waals surface area contributed by atoms with Gasteiger partial charge in [0.1, 0.15) is 0 Å². The van der Waals surface area contributed by atoms with Crippen LogP contribution in [0.1, 0.15) is 11.5 Å². The van der Waals surface area contributed by atoms with Crippen LogP contribution in [0.4, 0.5) is 11.4 Å². The molecule has 0 saturated heterocycles. The number of fused-ring (bicyclic) bond motifs is 1. The Hall–Kier alpha value is -2.53. The maximum Gasteiger partial charge on any atom is 0.250 e. The van der Waals surface area contributed by atoms with Gasteiger partial charge < -0.3 is 10.2 Å². The van der Waals surface area contributed by atoms with Gasteiger partial charge in [-0.1, -0.05) is 30.8 Å². The summed E-state index contributed by atoms with van der Waals surface area (Å²) < 4.78 is 0. The van der Waals surface area contributed by atoms with Gasteiger partial charge in [-0.05, 0) is 42.2 Å². The lowest BCUT2D eigenvalue weighted by molar-refractivity contribution is -0.117. The summed E-state index contributed by atoms with van der Waals surface area (Å²) in [7, 11) is 0. The van der Waals surface area contributed by atoms with Crippen molar-refractivity contribution in [3.8, 4) is 0 Å². The minimum absolute atomic E-state index is 0.111. The van der Waals surface area contributed by atoms with Crippen molar-refractivity contribution in [2.24, 2.45) is 0 Å². The lowest BCUT2D eigenvalue weighted by Gasteiger charge is -2.15. The molecular weight excluding hydrogens is 320 g/mol. The van der Waals surface area contributed by atoms with Crippen molar-refractivity contribution in [1.82, 2.24) is 0 Å². The number of nitrogens with zero attached hydrogens (tertiary/aromatic N) is 1. The number of anilines is 2. The summed E-state index contributed by atoms with van der Waals surface area (Å²) in [5.41, 5.74) is 2.41. The molecule has 0 spiro atoms. The van der Waals surface area contributed by atoms with Crippen LogP contribution in [0.3, 0.4) is 0 Å². The molecule has 3 rings (SSSR count). The third-order valence-electron chi connectivity index (χ3n) is 4.06. The summed E-state index contributed by atoms with van der Waals surface area (Å²) in [4.78, 5) is 27.5. The summed E-state index contributed by atoms with van der Waals surface area (Å²) in [6, 6.07) is 15.2. The van der Waals surface area contributed by atoms with Crippen LogP contribution in [-0.2, 0) is 9.59 Å². The zero-order valence-electron chi connectivity index (χ0n) is 13.4. The van der Waals surface area contributed by atoms with Gasteiger partial charge in [-0.2, -0.15) is 0 Å². The number of carbonyl (C=O) groups is 2. The van der Waals surface area contributed by atoms with E-state index in [9.17, 15) is 9.59 Å². The van der Waals surface area contributed by atoms with E-state index >= 15 is 0 Å². The molecule has 2 aromatic carbocycles. The Morgan fingerprint density at radius 1 is 1.25 bits per heavy atom. The normalized spacial score (nSPS) is 15.7. The minimum Gasteiger partial charge on any atom is -0.325 e. The zero-order valence-corrected chi connectivity index (χ0v) is 14.2. The van der Waals surface area contributed by atoms with Crippen molar-refractivity contribution < 1.29 is 9.59 Å². The molecule has 2 amide bonds. The number of hydrogen-bond acceptors (Lipinski definition) is 3. The van der Waals surface area contributed by atoms with Crippen molar-refractivity contribution >= 4 is 35.0 Å². The van der Waals surface area contributed by atoms with Gasteiger partial charge in [-0.3, -0.25) is 9.59 Å². The lowest BCUT2D eigenvalue weighted by atomic mass is 10.0. The Morgan fingerprint density at radius 2 is 2.04 bits per heavy atom. The third-order valence-corrected chi connectivity index (χ3v) is 4.79. The van der Waals surface area contributed by atoms with E-state index in [1.165, 1.54) is 6.08 Å². The highest BCUT2D eigenvalue weighted by atomic mass is 32.2. The number of hydrogen-bond donors (Lipinski definition) is 1. The first-order valence-electron chi connectivity index (χ1n) is 7.62. The Labute approximate surface area is 145 Å². The Balaban J connectivity index is 1.85. The van der Waals surface area contributed by atoms with Gasteiger partial charge in [0.25, 0.3) is 0 Å². The molecule has 24 heavy (non-hydrogen) atoms. The first-order chi connectivity index (χ1) is 11.6. The van der Waals surface area contributed by atoms with E-state index in [2.05, 4.69) is 11.9 Å². The molecule has 1 unspecified atom stereocenters. The molecule has 0 aliphatic carbocycles. The van der Waals surface area contributed by atoms with E-state index in [0.717, 1.165) is 21.8 Å². The van der Waals surface area contributed by atoms with Gasteiger partial charge in [-0.25, -0.2) is 0 Å². The van der Waals surface area contributed by atoms with Gasteiger partial charge in [0.2, 0.25) is 11.8 Å². The molecule has 1 atom stereocenters. The van der Waals surface area contributed by atoms with Gasteiger partial charge in [0, 0.05) is 22.8 Å². The number of benzene rings is 2. The highest BCUT2D eigenvalue weighted by molar-refractivity contribution is 7.98. The minimum atomic E-state index is -0.386. The molecule has 1 aliphatic heterocycles. The van der Waals surface area contributed by atoms with Crippen molar-refractivity contribution in [1.29, 1.82) is 0 Å². The van der Waals surface area contributed by atoms with E-state index in [0.29, 0.717) is 6.54 Å². The second-order valence-electron chi connectivity index (χ2n) is 5.49. The molecule has 122 valence electrons. The van der Waals surface area contributed by atoms with E-state index in [1.807, 2.05) is 54.8 Å². The molecule has 0 radical (unpaired) electrons. The molecule has 1 aliphatic rings. The number of nitrogens with one attached hydrogen (secondary N) is 1. The quantitative estimate of drug-likeness (QED) is 0.684. The first kappa shape index (κ1) is 16.3. The topological polar surface area (TPSA) is 49.4 Å². The second kappa shape index (κ2) is 6.93. The van der Waals surface area contributed by atoms with Gasteiger partial charge in [0.15, 0.2) is 0 Å². The molecule has 0 bridgehead atoms. The van der Waals surface area contributed by atoms with Gasteiger partial charge in [-0.15, -0.1) is 11.8 Å². The van der Waals surface area contributed by atoms with Crippen molar-refractivity contribution in [3.63, 3.8) is 0 Å². The van der Waals surface area contributed by atoms with Crippen molar-refractivity contribution in [2.45, 2.75) is 10.8 Å². The van der Waals surface area contributed by atoms with E-state index in [-0.39, 0.29) is 17.7 Å². The second-order valence-corrected chi connectivity index (χ2v) is 6.37. The molecule has 0 fully saturated rings. The van der Waals surface area contributed by atoms with Crippen LogP contribution in [0.2, 0.25) is 0 Å². The summed E-state index contributed by atoms with van der Waals surface area (Å²) in [5, 5.41) is 2.96. The highest BCUT2D eigenvalue weighted by Gasteiger charge is 2.35. The monoisotopic (exact) mass is 338 g/mol. The molecule has 2 aromatic rings. The number of amides is 2. The average molecular weight is 338 g/mol. The summed E-state index contributed by atoms with van der Waals surface area (Å²) >= 11 is 1.62. The van der Waals surface area contributed by atoms with Crippen LogP contribution in [0.15, 0.2) is 66.1 Å². The summed E-state index contributed by atoms with van der Waals surface area (Å²) in [6.45, 7) is 3.87. The van der Waals surface area contributed by atoms with Crippen LogP contribution in [0.5, 0.6) is 0 Å². The fourth-order valence-corrected chi connectivity index (χ4v) is 3.34. The molecule has 1 N–H and O–H groups in total. The Kier molecular flexibility index (Phi) is 4.71. The number of rotatable bonds is 4. The number of thioether (sulfide) groups is 1. The first-order valence-corrected chi connectivity index (χ1v) is 8.84. The van der Waals surface area contributed by atoms with E-state index < -0.39 is 0 Å². The predicted molar refractivity (Wildman–Crippen MR) is 98.6 cm³/mol. The number of para-hydroxylation sites is 1. The molecule has 5 heteroatoms. The Bertz CT molecular complexity index is 803. The fraction of sp³-hybridized carbons (Fsp3) is 0.158. The van der Waals surface area contributed by atoms with E-state index in [1.54, 1.807) is 16.7 Å². The van der Waals surface area contributed by atoms with Crippen LogP contribution < -0.4 is 10.2 Å². The van der Waals surface area contributed by atoms with Crippen LogP contribution in [0, 0.1) is 0 Å². The van der Waals surface area contributed by atoms with Gasteiger partial charge >= 0.3 is 0 Å². The Morgan fingerprint density at radius 3 is 2.79 bits per heavy atom. The average Bonchev–Trinajstić information content (AvgIpc) is 3.01. The van der Waals surface area contributed by atoms with Crippen molar-refractivity contribution in [3.05, 3.63) is 66.7 Å². The lowest BCUT2D eigenvalue weighted by Crippen LogP contribution is -2.31. The molecule has 1 heterocycles. The zero-order chi connectivity index (χ0) is 17.1. The van der Waals surface area contributed by atoms with Gasteiger partial charge in [0.05, 0.1) is 5.92 Å². The third kappa shape index (κ3) is 3.08. The smallest absolute Gasteiger partial charge is 0.250 e. The summed E-state index contributed by atoms with van der Waals surface area (Å²) in [6.07, 6.45) is 3.27. The largest absolute Gasteiger partial charge is 0.325 e. The summed E-state index contributed by atoms with van der Waals surface area (Å²) in [5.74, 6) is -0.690. The fourth-order valence-electron chi connectivity index (χ4n) is 2.88. The molecule has 0 saturated carbocycles. The van der Waals surface area contributed by atoms with Crippen LogP contribution >= 0.6 is 11.8 Å². The highest BCUT2D eigenvalue weighted by Crippen LogP contribution is 2.37. The maximum atomic E-state index is 12.8. The standard InChI is InChI=1S/C19H18N2O2S/c1-3-18(22)21-12-16(15-9-4-5-10-17(15)21)19(23)20-13-7-6-8-14(11-13)24-2/h3-11,16H,1,12H2,2H3,(H,20,23). The van der Waals surface area contributed by atoms with Crippen molar-refractivity contribution in [2.75, 3.05) is 23.0 Å². The number of carbonyl (C=O) groups excluding carboxylic acids is 2. The SMILES string of the molecule is C=CC(=O)N1CC(C(=O)Nc2cccc(SC)c2)c2ccccc21. The predicted octanol–water partition coefficient (Wildman–Crippen LogP) is 3.66. The molecule has 4 nitrogen and oxygen atoms in total. The van der Waals surface area contributed by atoms with E-state index in [4.69, 9.17) is 0 Å².